The minimum absolute atomic E-state index is 0.125. The van der Waals surface area contributed by atoms with Gasteiger partial charge in [0.15, 0.2) is 0 Å². The molecule has 0 amide bonds. The Balaban J connectivity index is 1.09. The van der Waals surface area contributed by atoms with E-state index in [9.17, 15) is 8.78 Å². The van der Waals surface area contributed by atoms with Gasteiger partial charge in [-0.25, -0.2) is 18.4 Å². The Kier molecular flexibility index (Phi) is 5.61. The van der Waals surface area contributed by atoms with Gasteiger partial charge in [-0.05, 0) is 56.1 Å². The van der Waals surface area contributed by atoms with Crippen LogP contribution >= 0.6 is 0 Å². The van der Waals surface area contributed by atoms with Gasteiger partial charge in [0.1, 0.15) is 17.3 Å². The fourth-order valence-electron chi connectivity index (χ4n) is 5.64. The summed E-state index contributed by atoms with van der Waals surface area (Å²) in [6.07, 6.45) is 14.7. The van der Waals surface area contributed by atoms with Gasteiger partial charge in [0.25, 0.3) is 0 Å². The van der Waals surface area contributed by atoms with Crippen LogP contribution in [0.3, 0.4) is 0 Å². The summed E-state index contributed by atoms with van der Waals surface area (Å²) in [5.41, 5.74) is 9.18. The number of piperidine rings is 1. The lowest BCUT2D eigenvalue weighted by Crippen LogP contribution is -2.34. The first kappa shape index (κ1) is 23.0. The van der Waals surface area contributed by atoms with Crippen LogP contribution in [-0.2, 0) is 6.54 Å². The molecule has 3 aliphatic rings. The average molecular weight is 513 g/mol. The van der Waals surface area contributed by atoms with Gasteiger partial charge in [-0.3, -0.25) is 4.90 Å². The summed E-state index contributed by atoms with van der Waals surface area (Å²) in [5.74, 6) is -0.838. The van der Waals surface area contributed by atoms with E-state index < -0.39 is 11.6 Å². The number of benzene rings is 1. The smallest absolute Gasteiger partial charge is 0.136 e. The zero-order valence-corrected chi connectivity index (χ0v) is 20.6. The maximum Gasteiger partial charge on any atom is 0.136 e. The third kappa shape index (κ3) is 4.10. The van der Waals surface area contributed by atoms with Crippen molar-refractivity contribution in [2.24, 2.45) is 5.10 Å². The number of hydrogen-bond acceptors (Lipinski definition) is 6. The number of hydrogen-bond donors (Lipinski definition) is 1. The summed E-state index contributed by atoms with van der Waals surface area (Å²) in [6, 6.07) is 8.18. The monoisotopic (exact) mass is 512 g/mol. The van der Waals surface area contributed by atoms with Crippen LogP contribution < -0.4 is 5.43 Å². The molecule has 4 aromatic rings. The molecule has 1 fully saturated rings. The Morgan fingerprint density at radius 1 is 1.08 bits per heavy atom. The molecule has 2 atom stereocenters. The maximum absolute atomic E-state index is 14.2. The van der Waals surface area contributed by atoms with E-state index in [2.05, 4.69) is 42.9 Å². The number of fused-ring (bicyclic) bond motifs is 2. The van der Waals surface area contributed by atoms with Gasteiger partial charge in [-0.2, -0.15) is 5.10 Å². The number of rotatable bonds is 5. The first-order valence-electron chi connectivity index (χ1n) is 12.9. The number of pyridine rings is 1. The zero-order chi connectivity index (χ0) is 25.6. The Labute approximate surface area is 218 Å². The van der Waals surface area contributed by atoms with Gasteiger partial charge < -0.3 is 9.83 Å². The molecule has 3 aromatic heterocycles. The minimum atomic E-state index is -0.497. The minimum Gasteiger partial charge on any atom is -0.306 e. The van der Waals surface area contributed by atoms with Gasteiger partial charge in [-0.1, -0.05) is 17.4 Å². The predicted octanol–water partition coefficient (Wildman–Crippen LogP) is 4.13. The molecule has 0 radical (unpaired) electrons. The number of allylic oxidation sites excluding steroid dienone is 2. The predicted molar refractivity (Wildman–Crippen MR) is 139 cm³/mol. The molecule has 8 nitrogen and oxygen atoms in total. The standard InChI is InChI=1S/C28H26F2N8/c29-23-4-1-5-24(30)22(23)16-36-11-2-3-18(14-36)26-17-38(35-33-26)20-7-8-25-21(13-20)28(34-32-25)19-6-9-27-31-10-12-37(27)15-19/h1,4-7,9-10,12-13,15,17-18,25,32H,2-3,8,11,14,16H2/t18-,25?/m1/s1. The fourth-order valence-corrected chi connectivity index (χ4v) is 5.64. The molecule has 1 saturated heterocycles. The van der Waals surface area contributed by atoms with Crippen molar-refractivity contribution in [2.45, 2.75) is 37.8 Å². The summed E-state index contributed by atoms with van der Waals surface area (Å²) in [7, 11) is 0. The van der Waals surface area contributed by atoms with E-state index in [1.807, 2.05) is 39.8 Å². The number of halogens is 2. The SMILES string of the molecule is Fc1cccc(F)c1CN1CCC[C@@H](c2cn(C3=CCC4NN=C(c5ccc6nccn6c5)C4=C3)nn2)C1. The molecule has 10 heteroatoms. The number of hydrazone groups is 1. The molecule has 0 bridgehead atoms. The Bertz CT molecular complexity index is 1590. The van der Waals surface area contributed by atoms with Crippen LogP contribution in [0, 0.1) is 11.6 Å². The topological polar surface area (TPSA) is 75.6 Å². The zero-order valence-electron chi connectivity index (χ0n) is 20.6. The second kappa shape index (κ2) is 9.29. The number of nitrogens with one attached hydrogen (secondary N) is 1. The van der Waals surface area contributed by atoms with Crippen LogP contribution in [-0.4, -0.2) is 54.1 Å². The first-order chi connectivity index (χ1) is 18.6. The van der Waals surface area contributed by atoms with E-state index in [0.29, 0.717) is 6.54 Å². The van der Waals surface area contributed by atoms with Crippen molar-refractivity contribution in [3.8, 4) is 0 Å². The molecule has 7 rings (SSSR count). The molecule has 192 valence electrons. The number of aromatic nitrogens is 5. The van der Waals surface area contributed by atoms with Crippen LogP contribution in [0.2, 0.25) is 0 Å². The van der Waals surface area contributed by atoms with Crippen molar-refractivity contribution >= 4 is 17.1 Å². The Morgan fingerprint density at radius 3 is 2.87 bits per heavy atom. The van der Waals surface area contributed by atoms with E-state index in [1.54, 1.807) is 6.20 Å². The molecule has 2 aliphatic heterocycles. The summed E-state index contributed by atoms with van der Waals surface area (Å²) in [6.45, 7) is 1.74. The summed E-state index contributed by atoms with van der Waals surface area (Å²) >= 11 is 0. The average Bonchev–Trinajstić information content (AvgIpc) is 3.70. The molecule has 1 N–H and O–H groups in total. The summed E-state index contributed by atoms with van der Waals surface area (Å²) < 4.78 is 32.2. The van der Waals surface area contributed by atoms with Crippen LogP contribution in [0.25, 0.3) is 11.3 Å². The van der Waals surface area contributed by atoms with Crippen LogP contribution in [0.4, 0.5) is 8.78 Å². The van der Waals surface area contributed by atoms with Crippen LogP contribution in [0.5, 0.6) is 0 Å². The van der Waals surface area contributed by atoms with E-state index in [1.165, 1.54) is 18.2 Å². The first-order valence-corrected chi connectivity index (χ1v) is 12.9. The van der Waals surface area contributed by atoms with Crippen LogP contribution in [0.15, 0.2) is 77.9 Å². The molecular formula is C28H26F2N8. The van der Waals surface area contributed by atoms with Gasteiger partial charge in [0.2, 0.25) is 0 Å². The normalized spacial score (nSPS) is 21.6. The molecular weight excluding hydrogens is 486 g/mol. The fraction of sp³-hybridized carbons (Fsp3) is 0.286. The maximum atomic E-state index is 14.2. The highest BCUT2D eigenvalue weighted by Gasteiger charge is 2.30. The van der Waals surface area contributed by atoms with E-state index in [4.69, 9.17) is 0 Å². The molecule has 1 aliphatic carbocycles. The summed E-state index contributed by atoms with van der Waals surface area (Å²) in [4.78, 5) is 6.42. The second-order valence-electron chi connectivity index (χ2n) is 10.1. The van der Waals surface area contributed by atoms with Gasteiger partial charge in [-0.15, -0.1) is 5.10 Å². The van der Waals surface area contributed by atoms with Crippen molar-refractivity contribution in [3.05, 3.63) is 101 Å². The third-order valence-electron chi connectivity index (χ3n) is 7.65. The van der Waals surface area contributed by atoms with E-state index in [0.717, 1.165) is 59.7 Å². The molecule has 5 heterocycles. The van der Waals surface area contributed by atoms with Crippen molar-refractivity contribution < 1.29 is 8.78 Å². The highest BCUT2D eigenvalue weighted by Crippen LogP contribution is 2.31. The lowest BCUT2D eigenvalue weighted by Gasteiger charge is -2.31. The Hall–Kier alpha value is -4.18. The number of likely N-dealkylation sites (tertiary alicyclic amines) is 1. The van der Waals surface area contributed by atoms with Gasteiger partial charge in [0, 0.05) is 54.3 Å². The quantitative estimate of drug-likeness (QED) is 0.435. The van der Waals surface area contributed by atoms with E-state index >= 15 is 0 Å². The summed E-state index contributed by atoms with van der Waals surface area (Å²) in [5, 5.41) is 13.6. The molecule has 38 heavy (non-hydrogen) atoms. The highest BCUT2D eigenvalue weighted by molar-refractivity contribution is 6.15. The van der Waals surface area contributed by atoms with Crippen molar-refractivity contribution in [1.29, 1.82) is 0 Å². The van der Waals surface area contributed by atoms with Crippen molar-refractivity contribution in [3.63, 3.8) is 0 Å². The van der Waals surface area contributed by atoms with Gasteiger partial charge in [0.05, 0.1) is 29.3 Å². The van der Waals surface area contributed by atoms with Crippen LogP contribution in [0.1, 0.15) is 42.0 Å². The number of imidazole rings is 1. The molecule has 1 unspecified atom stereocenters. The third-order valence-corrected chi connectivity index (χ3v) is 7.65. The highest BCUT2D eigenvalue weighted by atomic mass is 19.1. The van der Waals surface area contributed by atoms with Crippen molar-refractivity contribution in [2.75, 3.05) is 13.1 Å². The lowest BCUT2D eigenvalue weighted by atomic mass is 9.92. The number of nitrogens with zero attached hydrogens (tertiary/aromatic N) is 7. The van der Waals surface area contributed by atoms with Gasteiger partial charge >= 0.3 is 0 Å². The van der Waals surface area contributed by atoms with Crippen molar-refractivity contribution in [1.82, 2.24) is 34.7 Å². The molecule has 0 saturated carbocycles. The second-order valence-corrected chi connectivity index (χ2v) is 10.1. The Morgan fingerprint density at radius 2 is 1.97 bits per heavy atom. The largest absolute Gasteiger partial charge is 0.306 e. The molecule has 0 spiro atoms. The van der Waals surface area contributed by atoms with E-state index in [-0.39, 0.29) is 24.1 Å². The lowest BCUT2D eigenvalue weighted by molar-refractivity contribution is 0.194. The molecule has 1 aromatic carbocycles.